The lowest BCUT2D eigenvalue weighted by molar-refractivity contribution is -0.167. The van der Waals surface area contributed by atoms with E-state index in [1.165, 1.54) is 10.5 Å². The van der Waals surface area contributed by atoms with E-state index in [4.69, 9.17) is 4.74 Å². The van der Waals surface area contributed by atoms with E-state index < -0.39 is 6.41 Å². The summed E-state index contributed by atoms with van der Waals surface area (Å²) in [6.07, 6.45) is -0.355. The van der Waals surface area contributed by atoms with Gasteiger partial charge in [-0.1, -0.05) is 74.5 Å². The van der Waals surface area contributed by atoms with Crippen molar-refractivity contribution in [3.63, 3.8) is 0 Å². The van der Waals surface area contributed by atoms with Crippen molar-refractivity contribution in [3.8, 4) is 0 Å². The minimum atomic E-state index is -1.17. The summed E-state index contributed by atoms with van der Waals surface area (Å²) in [4.78, 5) is 14.9. The van der Waals surface area contributed by atoms with Gasteiger partial charge in [0, 0.05) is 11.3 Å². The van der Waals surface area contributed by atoms with Crippen LogP contribution in [0.2, 0.25) is 0 Å². The zero-order valence-electron chi connectivity index (χ0n) is 15.2. The Kier molecular flexibility index (Phi) is 4.33. The second-order valence-electron chi connectivity index (χ2n) is 7.65. The molecule has 0 aromatic heterocycles. The van der Waals surface area contributed by atoms with Gasteiger partial charge in [-0.15, -0.1) is 0 Å². The van der Waals surface area contributed by atoms with E-state index in [-0.39, 0.29) is 23.3 Å². The lowest BCUT2D eigenvalue weighted by atomic mass is 9.82. The Labute approximate surface area is 154 Å². The number of rotatable bonds is 4. The second kappa shape index (κ2) is 6.53. The van der Waals surface area contributed by atoms with Gasteiger partial charge in [0.1, 0.15) is 0 Å². The average Bonchev–Trinajstić information content (AvgIpc) is 3.33. The largest absolute Gasteiger partial charge is 0.351 e. The minimum Gasteiger partial charge on any atom is -0.351 e. The molecule has 1 aliphatic heterocycles. The van der Waals surface area contributed by atoms with Crippen LogP contribution in [0.1, 0.15) is 37.4 Å². The van der Waals surface area contributed by atoms with Crippen LogP contribution in [-0.2, 0) is 14.9 Å². The predicted octanol–water partition coefficient (Wildman–Crippen LogP) is 3.48. The number of nitrogens with zero attached hydrogens (tertiary/aromatic N) is 1. The molecule has 2 aromatic rings. The van der Waals surface area contributed by atoms with E-state index in [1.54, 1.807) is 0 Å². The average molecular weight is 351 g/mol. The van der Waals surface area contributed by atoms with Gasteiger partial charge in [0.15, 0.2) is 0 Å². The van der Waals surface area contributed by atoms with Crippen molar-refractivity contribution < 1.29 is 14.6 Å². The van der Waals surface area contributed by atoms with Gasteiger partial charge in [0.25, 0.3) is 0 Å². The number of ether oxygens (including phenoxy) is 1. The van der Waals surface area contributed by atoms with Crippen LogP contribution in [0, 0.1) is 11.8 Å². The summed E-state index contributed by atoms with van der Waals surface area (Å²) in [5, 5.41) is 10.3. The second-order valence-corrected chi connectivity index (χ2v) is 7.65. The van der Waals surface area contributed by atoms with Gasteiger partial charge < -0.3 is 9.84 Å². The van der Waals surface area contributed by atoms with Gasteiger partial charge in [-0.05, 0) is 23.5 Å². The zero-order chi connectivity index (χ0) is 18.3. The Balaban J connectivity index is 1.63. The maximum Gasteiger partial charge on any atom is 0.240 e. The zero-order valence-corrected chi connectivity index (χ0v) is 15.2. The fraction of sp³-hybridized carbons (Fsp3) is 0.409. The molecule has 1 saturated carbocycles. The van der Waals surface area contributed by atoms with Crippen LogP contribution in [-0.4, -0.2) is 28.9 Å². The molecule has 1 N–H and O–H groups in total. The van der Waals surface area contributed by atoms with Crippen molar-refractivity contribution in [1.29, 1.82) is 0 Å². The molecule has 4 atom stereocenters. The molecule has 4 nitrogen and oxygen atoms in total. The third-order valence-corrected chi connectivity index (χ3v) is 6.06. The first-order valence-electron chi connectivity index (χ1n) is 9.28. The van der Waals surface area contributed by atoms with Gasteiger partial charge in [-0.3, -0.25) is 9.69 Å². The van der Waals surface area contributed by atoms with E-state index in [2.05, 4.69) is 26.0 Å². The molecule has 136 valence electrons. The van der Waals surface area contributed by atoms with E-state index in [1.807, 2.05) is 48.5 Å². The van der Waals surface area contributed by atoms with Gasteiger partial charge in [0.05, 0.1) is 12.6 Å². The van der Waals surface area contributed by atoms with Crippen LogP contribution >= 0.6 is 0 Å². The number of amides is 1. The molecule has 4 heteroatoms. The third-order valence-electron chi connectivity index (χ3n) is 6.06. The first-order chi connectivity index (χ1) is 12.6. The fourth-order valence-corrected chi connectivity index (χ4v) is 4.49. The van der Waals surface area contributed by atoms with Crippen LogP contribution in [0.4, 0.5) is 0 Å². The molecule has 0 bridgehead atoms. The van der Waals surface area contributed by atoms with Crippen LogP contribution < -0.4 is 0 Å². The lowest BCUT2D eigenvalue weighted by Gasteiger charge is -2.28. The van der Waals surface area contributed by atoms with Crippen molar-refractivity contribution in [2.75, 3.05) is 6.61 Å². The summed E-state index contributed by atoms with van der Waals surface area (Å²) in [7, 11) is 0. The summed E-state index contributed by atoms with van der Waals surface area (Å²) in [6, 6.07) is 19.8. The van der Waals surface area contributed by atoms with Gasteiger partial charge in [0.2, 0.25) is 12.3 Å². The predicted molar refractivity (Wildman–Crippen MR) is 99.1 cm³/mol. The molecular formula is C22H25NO3. The molecule has 1 saturated heterocycles. The maximum atomic E-state index is 13.4. The fourth-order valence-electron chi connectivity index (χ4n) is 4.49. The standard InChI is InChI=1S/C22H25NO3/c1-15(2)22(17-11-7-4-8-12-17)13-18(22)20(24)23-19(14-26-21(23)25)16-9-5-3-6-10-16/h3-12,15,18-19,21,25H,13-14H2,1-2H3/t18-,19?,21?,22+/m0/s1. The van der Waals surface area contributed by atoms with Gasteiger partial charge >= 0.3 is 0 Å². The van der Waals surface area contributed by atoms with Crippen molar-refractivity contribution in [3.05, 3.63) is 71.8 Å². The summed E-state index contributed by atoms with van der Waals surface area (Å²) < 4.78 is 5.43. The highest BCUT2D eigenvalue weighted by molar-refractivity contribution is 5.85. The molecule has 2 fully saturated rings. The van der Waals surface area contributed by atoms with Crippen molar-refractivity contribution >= 4 is 5.91 Å². The molecule has 2 aliphatic rings. The van der Waals surface area contributed by atoms with E-state index in [9.17, 15) is 9.90 Å². The number of aliphatic hydroxyl groups excluding tert-OH is 1. The third kappa shape index (κ3) is 2.65. The molecule has 0 radical (unpaired) electrons. The number of hydrogen-bond donors (Lipinski definition) is 1. The van der Waals surface area contributed by atoms with E-state index in [0.717, 1.165) is 12.0 Å². The maximum absolute atomic E-state index is 13.4. The summed E-state index contributed by atoms with van der Waals surface area (Å²) in [6.45, 7) is 4.67. The van der Waals surface area contributed by atoms with Crippen molar-refractivity contribution in [2.45, 2.75) is 38.1 Å². The lowest BCUT2D eigenvalue weighted by Crippen LogP contribution is -2.40. The monoisotopic (exact) mass is 351 g/mol. The molecule has 1 aliphatic carbocycles. The van der Waals surface area contributed by atoms with Crippen LogP contribution in [0.5, 0.6) is 0 Å². The highest BCUT2D eigenvalue weighted by Crippen LogP contribution is 2.60. The molecule has 26 heavy (non-hydrogen) atoms. The Morgan fingerprint density at radius 2 is 1.73 bits per heavy atom. The van der Waals surface area contributed by atoms with Crippen LogP contribution in [0.25, 0.3) is 0 Å². The highest BCUT2D eigenvalue weighted by Gasteiger charge is 2.63. The van der Waals surface area contributed by atoms with Crippen LogP contribution in [0.3, 0.4) is 0 Å². The number of carbonyl (C=O) groups excluding carboxylic acids is 1. The smallest absolute Gasteiger partial charge is 0.240 e. The minimum absolute atomic E-state index is 0.0126. The molecule has 2 unspecified atom stereocenters. The Morgan fingerprint density at radius 1 is 1.12 bits per heavy atom. The number of aliphatic hydroxyl groups is 1. The number of hydrogen-bond acceptors (Lipinski definition) is 3. The molecule has 2 aromatic carbocycles. The topological polar surface area (TPSA) is 49.8 Å². The van der Waals surface area contributed by atoms with Crippen LogP contribution in [0.15, 0.2) is 60.7 Å². The Bertz CT molecular complexity index is 776. The summed E-state index contributed by atoms with van der Waals surface area (Å²) >= 11 is 0. The Hall–Kier alpha value is -2.17. The highest BCUT2D eigenvalue weighted by atomic mass is 16.6. The first kappa shape index (κ1) is 17.3. The van der Waals surface area contributed by atoms with Gasteiger partial charge in [-0.25, -0.2) is 0 Å². The molecule has 1 heterocycles. The molecule has 1 amide bonds. The quantitative estimate of drug-likeness (QED) is 0.917. The van der Waals surface area contributed by atoms with Gasteiger partial charge in [-0.2, -0.15) is 0 Å². The Morgan fingerprint density at radius 3 is 2.35 bits per heavy atom. The molecule has 4 rings (SSSR count). The summed E-state index contributed by atoms with van der Waals surface area (Å²) in [5.41, 5.74) is 2.05. The normalized spacial score (nSPS) is 30.6. The summed E-state index contributed by atoms with van der Waals surface area (Å²) in [5.74, 6) is 0.212. The number of benzene rings is 2. The van der Waals surface area contributed by atoms with E-state index in [0.29, 0.717) is 12.5 Å². The van der Waals surface area contributed by atoms with E-state index >= 15 is 0 Å². The number of carbonyl (C=O) groups is 1. The first-order valence-corrected chi connectivity index (χ1v) is 9.28. The van der Waals surface area contributed by atoms with Crippen molar-refractivity contribution in [2.24, 2.45) is 11.8 Å². The SMILES string of the molecule is CC(C)[C@@]1(c2ccccc2)C[C@H]1C(=O)N1C(O)OCC1c1ccccc1. The van der Waals surface area contributed by atoms with Crippen molar-refractivity contribution in [1.82, 2.24) is 4.90 Å². The molecular weight excluding hydrogens is 326 g/mol. The molecule has 0 spiro atoms.